The van der Waals surface area contributed by atoms with Gasteiger partial charge in [-0.25, -0.2) is 0 Å². The van der Waals surface area contributed by atoms with Crippen LogP contribution in [0.1, 0.15) is 12.5 Å². The Morgan fingerprint density at radius 3 is 2.80 bits per heavy atom. The third-order valence-corrected chi connectivity index (χ3v) is 4.58. The number of fused-ring (bicyclic) bond motifs is 1. The van der Waals surface area contributed by atoms with Crippen molar-refractivity contribution >= 4 is 12.0 Å². The fourth-order valence-corrected chi connectivity index (χ4v) is 3.06. The maximum atomic E-state index is 12.7. The first-order valence-electron chi connectivity index (χ1n) is 9.67. The van der Waals surface area contributed by atoms with Gasteiger partial charge in [-0.05, 0) is 42.8 Å². The van der Waals surface area contributed by atoms with Gasteiger partial charge in [0.25, 0.3) is 0 Å². The maximum Gasteiger partial charge on any atom is 0.246 e. The van der Waals surface area contributed by atoms with Gasteiger partial charge in [0, 0.05) is 12.6 Å². The van der Waals surface area contributed by atoms with Gasteiger partial charge in [-0.3, -0.25) is 4.79 Å². The van der Waals surface area contributed by atoms with Crippen molar-refractivity contribution in [3.63, 3.8) is 0 Å². The summed E-state index contributed by atoms with van der Waals surface area (Å²) < 4.78 is 22.3. The summed E-state index contributed by atoms with van der Waals surface area (Å²) in [4.78, 5) is 14.4. The van der Waals surface area contributed by atoms with Crippen LogP contribution < -0.4 is 18.9 Å². The first-order valence-corrected chi connectivity index (χ1v) is 9.67. The van der Waals surface area contributed by atoms with Crippen molar-refractivity contribution in [3.8, 4) is 29.1 Å². The molecule has 1 aliphatic rings. The lowest BCUT2D eigenvalue weighted by Gasteiger charge is -2.30. The normalized spacial score (nSPS) is 14.8. The molecule has 2 aromatic carbocycles. The van der Waals surface area contributed by atoms with Gasteiger partial charge in [0.05, 0.1) is 13.7 Å². The topological polar surface area (TPSA) is 81.0 Å². The molecular weight excluding hydrogens is 384 g/mol. The number of para-hydroxylation sites is 2. The van der Waals surface area contributed by atoms with Gasteiger partial charge < -0.3 is 23.8 Å². The Morgan fingerprint density at radius 1 is 1.27 bits per heavy atom. The molecule has 1 aliphatic heterocycles. The highest BCUT2D eigenvalue weighted by Crippen LogP contribution is 2.31. The highest BCUT2D eigenvalue weighted by Gasteiger charge is 2.24. The third kappa shape index (κ3) is 5.23. The number of ether oxygens (including phenoxy) is 4. The average Bonchev–Trinajstić information content (AvgIpc) is 2.79. The number of benzene rings is 2. The lowest BCUT2D eigenvalue weighted by Crippen LogP contribution is -2.43. The van der Waals surface area contributed by atoms with E-state index in [1.807, 2.05) is 37.3 Å². The number of likely N-dealkylation sites (N-methyl/N-ethyl adjacent to an activating group) is 1. The molecule has 7 heteroatoms. The van der Waals surface area contributed by atoms with Crippen LogP contribution in [0.3, 0.4) is 0 Å². The lowest BCUT2D eigenvalue weighted by atomic mass is 10.2. The van der Waals surface area contributed by atoms with Gasteiger partial charge >= 0.3 is 0 Å². The summed E-state index contributed by atoms with van der Waals surface area (Å²) in [7, 11) is 1.52. The molecular formula is C23H24N2O5. The summed E-state index contributed by atoms with van der Waals surface area (Å²) in [5.74, 6) is 2.27. The van der Waals surface area contributed by atoms with Crippen LogP contribution in [0.25, 0.3) is 6.08 Å². The number of methoxy groups -OCH3 is 1. The summed E-state index contributed by atoms with van der Waals surface area (Å²) in [6.45, 7) is 3.24. The predicted octanol–water partition coefficient (Wildman–Crippen LogP) is 3.30. The van der Waals surface area contributed by atoms with E-state index in [1.54, 1.807) is 29.2 Å². The molecule has 2 aromatic rings. The highest BCUT2D eigenvalue weighted by atomic mass is 16.6. The second kappa shape index (κ2) is 10.2. The molecule has 0 aliphatic carbocycles. The average molecular weight is 408 g/mol. The molecule has 3 rings (SSSR count). The molecule has 0 radical (unpaired) electrons. The fraction of sp³-hybridized carbons (Fsp3) is 0.304. The molecule has 1 heterocycles. The second-order valence-electron chi connectivity index (χ2n) is 6.56. The Morgan fingerprint density at radius 2 is 2.07 bits per heavy atom. The molecule has 1 amide bonds. The molecule has 0 aromatic heterocycles. The maximum absolute atomic E-state index is 12.7. The summed E-state index contributed by atoms with van der Waals surface area (Å²) in [5.41, 5.74) is 0.784. The first-order chi connectivity index (χ1) is 14.6. The molecule has 0 saturated heterocycles. The van der Waals surface area contributed by atoms with Gasteiger partial charge in [0.1, 0.15) is 12.7 Å². The largest absolute Gasteiger partial charge is 0.493 e. The number of carbonyl (C=O) groups is 1. The van der Waals surface area contributed by atoms with Crippen molar-refractivity contribution in [2.75, 3.05) is 33.4 Å². The van der Waals surface area contributed by atoms with Crippen molar-refractivity contribution in [1.82, 2.24) is 4.90 Å². The predicted molar refractivity (Wildman–Crippen MR) is 112 cm³/mol. The van der Waals surface area contributed by atoms with Crippen LogP contribution in [0.2, 0.25) is 0 Å². The number of rotatable bonds is 8. The number of nitriles is 1. The number of hydrogen-bond acceptors (Lipinski definition) is 6. The van der Waals surface area contributed by atoms with Crippen LogP contribution in [-0.2, 0) is 4.79 Å². The van der Waals surface area contributed by atoms with E-state index in [0.29, 0.717) is 36.9 Å². The van der Waals surface area contributed by atoms with E-state index in [9.17, 15) is 4.79 Å². The number of amides is 1. The standard InChI is InChI=1S/C23H24N2O5/c1-3-25(15-18-16-29-19-6-4-5-7-21(19)30-18)23(26)11-9-17-8-10-20(28-13-12-24)22(14-17)27-2/h4-11,14,18H,3,13,15-16H2,1-2H3. The zero-order valence-corrected chi connectivity index (χ0v) is 17.0. The Balaban J connectivity index is 1.62. The Kier molecular flexibility index (Phi) is 7.17. The van der Waals surface area contributed by atoms with Crippen molar-refractivity contribution in [1.29, 1.82) is 5.26 Å². The Hall–Kier alpha value is -3.66. The second-order valence-corrected chi connectivity index (χ2v) is 6.56. The minimum atomic E-state index is -0.228. The summed E-state index contributed by atoms with van der Waals surface area (Å²) >= 11 is 0. The highest BCUT2D eigenvalue weighted by molar-refractivity contribution is 5.91. The lowest BCUT2D eigenvalue weighted by molar-refractivity contribution is -0.127. The fourth-order valence-electron chi connectivity index (χ4n) is 3.06. The minimum Gasteiger partial charge on any atom is -0.493 e. The molecule has 0 spiro atoms. The molecule has 1 unspecified atom stereocenters. The molecule has 0 fully saturated rings. The van der Waals surface area contributed by atoms with E-state index in [1.165, 1.54) is 13.2 Å². The molecule has 156 valence electrons. The Labute approximate surface area is 176 Å². The van der Waals surface area contributed by atoms with Gasteiger partial charge in [-0.1, -0.05) is 18.2 Å². The Bertz CT molecular complexity index is 951. The van der Waals surface area contributed by atoms with E-state index in [4.69, 9.17) is 24.2 Å². The van der Waals surface area contributed by atoms with E-state index < -0.39 is 0 Å². The van der Waals surface area contributed by atoms with E-state index in [2.05, 4.69) is 0 Å². The minimum absolute atomic E-state index is 0.0626. The summed E-state index contributed by atoms with van der Waals surface area (Å²) in [5, 5.41) is 8.65. The van der Waals surface area contributed by atoms with Crippen LogP contribution in [0.5, 0.6) is 23.0 Å². The van der Waals surface area contributed by atoms with Gasteiger partial charge in [-0.15, -0.1) is 0 Å². The van der Waals surface area contributed by atoms with Crippen molar-refractivity contribution < 1.29 is 23.7 Å². The van der Waals surface area contributed by atoms with Gasteiger partial charge in [-0.2, -0.15) is 5.26 Å². The van der Waals surface area contributed by atoms with Gasteiger partial charge in [0.15, 0.2) is 35.7 Å². The number of nitrogens with zero attached hydrogens (tertiary/aromatic N) is 2. The molecule has 1 atom stereocenters. The van der Waals surface area contributed by atoms with Crippen LogP contribution in [-0.4, -0.2) is 50.3 Å². The third-order valence-electron chi connectivity index (χ3n) is 4.58. The van der Waals surface area contributed by atoms with E-state index in [0.717, 1.165) is 11.3 Å². The monoisotopic (exact) mass is 408 g/mol. The zero-order chi connectivity index (χ0) is 21.3. The van der Waals surface area contributed by atoms with Crippen LogP contribution in [0, 0.1) is 11.3 Å². The number of carbonyl (C=O) groups excluding carboxylic acids is 1. The van der Waals surface area contributed by atoms with Crippen molar-refractivity contribution in [3.05, 3.63) is 54.1 Å². The number of hydrogen-bond donors (Lipinski definition) is 0. The summed E-state index contributed by atoms with van der Waals surface area (Å²) in [6.07, 6.45) is 3.01. The van der Waals surface area contributed by atoms with Crippen molar-refractivity contribution in [2.45, 2.75) is 13.0 Å². The van der Waals surface area contributed by atoms with E-state index >= 15 is 0 Å². The van der Waals surface area contributed by atoms with Gasteiger partial charge in [0.2, 0.25) is 5.91 Å². The molecule has 30 heavy (non-hydrogen) atoms. The first kappa shape index (κ1) is 21.1. The van der Waals surface area contributed by atoms with E-state index in [-0.39, 0.29) is 18.6 Å². The summed E-state index contributed by atoms with van der Waals surface area (Å²) in [6, 6.07) is 14.7. The molecule has 0 saturated carbocycles. The smallest absolute Gasteiger partial charge is 0.246 e. The quantitative estimate of drug-likeness (QED) is 0.624. The zero-order valence-electron chi connectivity index (χ0n) is 17.0. The van der Waals surface area contributed by atoms with Crippen LogP contribution in [0.15, 0.2) is 48.5 Å². The molecule has 0 bridgehead atoms. The SMILES string of the molecule is CCN(CC1COc2ccccc2O1)C(=O)C=Cc1ccc(OCC#N)c(OC)c1. The van der Waals surface area contributed by atoms with Crippen molar-refractivity contribution in [2.24, 2.45) is 0 Å². The molecule has 0 N–H and O–H groups in total. The van der Waals surface area contributed by atoms with Crippen LogP contribution in [0.4, 0.5) is 0 Å². The molecule has 7 nitrogen and oxygen atoms in total. The van der Waals surface area contributed by atoms with Crippen LogP contribution >= 0.6 is 0 Å².